The molecule has 13 heteroatoms. The summed E-state index contributed by atoms with van der Waals surface area (Å²) in [6.45, 7) is 2.80. The van der Waals surface area contributed by atoms with Crippen molar-refractivity contribution in [1.29, 1.82) is 0 Å². The third kappa shape index (κ3) is 7.71. The molecular formula is C16H21F3IN5O2S2. The van der Waals surface area contributed by atoms with Gasteiger partial charge in [-0.25, -0.2) is 23.1 Å². The number of thiazole rings is 1. The lowest BCUT2D eigenvalue weighted by molar-refractivity contribution is -0.140. The summed E-state index contributed by atoms with van der Waals surface area (Å²) in [5.41, 5.74) is -0.131. The molecule has 0 radical (unpaired) electrons. The molecular weight excluding hydrogens is 542 g/mol. The van der Waals surface area contributed by atoms with E-state index in [0.717, 1.165) is 22.3 Å². The van der Waals surface area contributed by atoms with Crippen LogP contribution in [0.2, 0.25) is 0 Å². The summed E-state index contributed by atoms with van der Waals surface area (Å²) in [4.78, 5) is 8.06. The highest BCUT2D eigenvalue weighted by Crippen LogP contribution is 2.29. The Balaban J connectivity index is 0.00000420. The van der Waals surface area contributed by atoms with Gasteiger partial charge in [-0.05, 0) is 31.7 Å². The Labute approximate surface area is 188 Å². The number of alkyl halides is 3. The van der Waals surface area contributed by atoms with Gasteiger partial charge in [0.25, 0.3) is 0 Å². The van der Waals surface area contributed by atoms with Gasteiger partial charge in [0.15, 0.2) is 11.7 Å². The lowest BCUT2D eigenvalue weighted by atomic mass is 10.2. The zero-order valence-electron chi connectivity index (χ0n) is 15.6. The van der Waals surface area contributed by atoms with Crippen LogP contribution in [0.1, 0.15) is 23.2 Å². The van der Waals surface area contributed by atoms with Gasteiger partial charge in [-0.2, -0.15) is 13.2 Å². The van der Waals surface area contributed by atoms with Gasteiger partial charge in [0.1, 0.15) is 5.01 Å². The van der Waals surface area contributed by atoms with Crippen LogP contribution in [0.15, 0.2) is 39.5 Å². The molecule has 1 aromatic heterocycles. The molecule has 0 fully saturated rings. The minimum Gasteiger partial charge on any atom is -0.357 e. The average molecular weight is 563 g/mol. The summed E-state index contributed by atoms with van der Waals surface area (Å²) in [6.07, 6.45) is -4.46. The van der Waals surface area contributed by atoms with Gasteiger partial charge in [0, 0.05) is 11.9 Å². The van der Waals surface area contributed by atoms with E-state index in [0.29, 0.717) is 17.5 Å². The second-order valence-electron chi connectivity index (χ2n) is 5.52. The molecule has 29 heavy (non-hydrogen) atoms. The first-order chi connectivity index (χ1) is 13.2. The van der Waals surface area contributed by atoms with E-state index in [2.05, 4.69) is 25.3 Å². The van der Waals surface area contributed by atoms with Gasteiger partial charge in [0.05, 0.1) is 18.0 Å². The standard InChI is InChI=1S/C16H20F3N5O2S2.HI/c1-3-21-15(23-9-14-24-13(10-27-14)16(17,18)19)22-8-11-4-6-12(7-5-11)28(25,26)20-2;/h4-7,10,20H,3,8-9H2,1-2H3,(H2,21,22,23);1H. The SMILES string of the molecule is CCNC(=NCc1ccc(S(=O)(=O)NC)cc1)NCc1nc(C(F)(F)F)cs1.I. The predicted molar refractivity (Wildman–Crippen MR) is 117 cm³/mol. The van der Waals surface area contributed by atoms with Crippen molar-refractivity contribution in [3.63, 3.8) is 0 Å². The second kappa shape index (κ2) is 11.1. The highest BCUT2D eigenvalue weighted by molar-refractivity contribution is 14.0. The average Bonchev–Trinajstić information content (AvgIpc) is 3.14. The molecule has 0 unspecified atom stereocenters. The fourth-order valence-electron chi connectivity index (χ4n) is 2.09. The summed E-state index contributed by atoms with van der Waals surface area (Å²) in [6, 6.07) is 6.25. The number of guanidine groups is 1. The normalized spacial score (nSPS) is 12.4. The Bertz CT molecular complexity index is 915. The van der Waals surface area contributed by atoms with Crippen LogP contribution in [0.4, 0.5) is 13.2 Å². The number of nitrogens with one attached hydrogen (secondary N) is 3. The molecule has 1 aromatic carbocycles. The summed E-state index contributed by atoms with van der Waals surface area (Å²) < 4.78 is 63.5. The van der Waals surface area contributed by atoms with Crippen molar-refractivity contribution in [2.24, 2.45) is 4.99 Å². The number of sulfonamides is 1. The highest BCUT2D eigenvalue weighted by Gasteiger charge is 2.33. The Morgan fingerprint density at radius 1 is 1.21 bits per heavy atom. The summed E-state index contributed by atoms with van der Waals surface area (Å²) in [5.74, 6) is 0.415. The van der Waals surface area contributed by atoms with Gasteiger partial charge in [-0.3, -0.25) is 0 Å². The number of halogens is 4. The van der Waals surface area contributed by atoms with Crippen molar-refractivity contribution in [2.45, 2.75) is 31.1 Å². The van der Waals surface area contributed by atoms with E-state index in [4.69, 9.17) is 0 Å². The monoisotopic (exact) mass is 563 g/mol. The Hall–Kier alpha value is -1.45. The van der Waals surface area contributed by atoms with E-state index in [9.17, 15) is 21.6 Å². The van der Waals surface area contributed by atoms with Gasteiger partial charge in [-0.1, -0.05) is 12.1 Å². The van der Waals surface area contributed by atoms with Crippen LogP contribution < -0.4 is 15.4 Å². The molecule has 2 rings (SSSR count). The quantitative estimate of drug-likeness (QED) is 0.274. The van der Waals surface area contributed by atoms with Crippen molar-refractivity contribution in [2.75, 3.05) is 13.6 Å². The second-order valence-corrected chi connectivity index (χ2v) is 8.35. The molecule has 3 N–H and O–H groups in total. The van der Waals surface area contributed by atoms with E-state index in [-0.39, 0.29) is 42.0 Å². The van der Waals surface area contributed by atoms with Gasteiger partial charge in [-0.15, -0.1) is 35.3 Å². The fraction of sp³-hybridized carbons (Fsp3) is 0.375. The van der Waals surface area contributed by atoms with E-state index >= 15 is 0 Å². The molecule has 2 aromatic rings. The molecule has 0 aliphatic carbocycles. The highest BCUT2D eigenvalue weighted by atomic mass is 127. The smallest absolute Gasteiger partial charge is 0.357 e. The fourth-order valence-corrected chi connectivity index (χ4v) is 3.56. The molecule has 0 bridgehead atoms. The van der Waals surface area contributed by atoms with Crippen LogP contribution in [0.5, 0.6) is 0 Å². The molecule has 0 aliphatic heterocycles. The lowest BCUT2D eigenvalue weighted by Crippen LogP contribution is -2.36. The van der Waals surface area contributed by atoms with Crippen molar-refractivity contribution in [3.05, 3.63) is 45.9 Å². The first-order valence-electron chi connectivity index (χ1n) is 8.22. The molecule has 0 saturated carbocycles. The van der Waals surface area contributed by atoms with Crippen molar-refractivity contribution in [3.8, 4) is 0 Å². The largest absolute Gasteiger partial charge is 0.434 e. The van der Waals surface area contributed by atoms with E-state index < -0.39 is 21.9 Å². The maximum absolute atomic E-state index is 12.6. The van der Waals surface area contributed by atoms with Gasteiger partial charge in [0.2, 0.25) is 10.0 Å². The van der Waals surface area contributed by atoms with Crippen LogP contribution >= 0.6 is 35.3 Å². The Morgan fingerprint density at radius 2 is 1.86 bits per heavy atom. The number of aliphatic imine (C=N–C) groups is 1. The molecule has 0 saturated heterocycles. The van der Waals surface area contributed by atoms with Crippen molar-refractivity contribution >= 4 is 51.3 Å². The first kappa shape index (κ1) is 25.6. The van der Waals surface area contributed by atoms with Crippen LogP contribution in [-0.2, 0) is 29.3 Å². The summed E-state index contributed by atoms with van der Waals surface area (Å²) >= 11 is 0.918. The number of benzene rings is 1. The minimum atomic E-state index is -4.46. The molecule has 7 nitrogen and oxygen atoms in total. The van der Waals surface area contributed by atoms with E-state index in [1.807, 2.05) is 6.92 Å². The predicted octanol–water partition coefficient (Wildman–Crippen LogP) is 2.94. The lowest BCUT2D eigenvalue weighted by Gasteiger charge is -2.10. The van der Waals surface area contributed by atoms with Gasteiger partial charge < -0.3 is 10.6 Å². The van der Waals surface area contributed by atoms with Crippen molar-refractivity contribution < 1.29 is 21.6 Å². The minimum absolute atomic E-state index is 0. The zero-order chi connectivity index (χ0) is 20.8. The van der Waals surface area contributed by atoms with Gasteiger partial charge >= 0.3 is 6.18 Å². The molecule has 1 heterocycles. The maximum atomic E-state index is 12.6. The van der Waals surface area contributed by atoms with Crippen LogP contribution in [0, 0.1) is 0 Å². The topological polar surface area (TPSA) is 95.5 Å². The molecule has 0 atom stereocenters. The molecule has 0 aliphatic rings. The zero-order valence-corrected chi connectivity index (χ0v) is 19.5. The van der Waals surface area contributed by atoms with Crippen LogP contribution in [-0.4, -0.2) is 33.0 Å². The maximum Gasteiger partial charge on any atom is 0.434 e. The number of rotatable bonds is 7. The molecule has 162 valence electrons. The third-order valence-electron chi connectivity index (χ3n) is 3.52. The van der Waals surface area contributed by atoms with E-state index in [1.165, 1.54) is 19.2 Å². The van der Waals surface area contributed by atoms with Crippen molar-refractivity contribution in [1.82, 2.24) is 20.3 Å². The number of hydrogen-bond donors (Lipinski definition) is 3. The Kier molecular flexibility index (Phi) is 9.78. The van der Waals surface area contributed by atoms with E-state index in [1.54, 1.807) is 12.1 Å². The first-order valence-corrected chi connectivity index (χ1v) is 10.6. The van der Waals surface area contributed by atoms with Crippen LogP contribution in [0.25, 0.3) is 0 Å². The summed E-state index contributed by atoms with van der Waals surface area (Å²) in [5, 5.41) is 7.19. The van der Waals surface area contributed by atoms with Crippen LogP contribution in [0.3, 0.4) is 0 Å². The Morgan fingerprint density at radius 3 is 2.38 bits per heavy atom. The number of nitrogens with zero attached hydrogens (tertiary/aromatic N) is 2. The number of aromatic nitrogens is 1. The summed E-state index contributed by atoms with van der Waals surface area (Å²) in [7, 11) is -2.16. The third-order valence-corrected chi connectivity index (χ3v) is 5.79. The number of hydrogen-bond acceptors (Lipinski definition) is 5. The molecule has 0 spiro atoms. The molecule has 0 amide bonds.